The van der Waals surface area contributed by atoms with Crippen LogP contribution >= 0.6 is 12.4 Å². The minimum absolute atomic E-state index is 0. The molecule has 108 valence electrons. The third kappa shape index (κ3) is 2.19. The first-order valence-corrected chi connectivity index (χ1v) is 7.75. The second kappa shape index (κ2) is 4.92. The van der Waals surface area contributed by atoms with Crippen molar-refractivity contribution in [3.63, 3.8) is 0 Å². The first-order chi connectivity index (χ1) is 8.75. The van der Waals surface area contributed by atoms with E-state index in [0.717, 1.165) is 43.9 Å². The standard InChI is InChI=1S/C15H24N2O.ClH/c18-14(17-3-1-16-2-4-17)15-8-11-5-12(9-15)7-13(6-11)10-15;/h11-13,16H,1-10H2;1H. The van der Waals surface area contributed by atoms with Gasteiger partial charge in [-0.25, -0.2) is 0 Å². The zero-order chi connectivity index (χ0) is 12.2. The van der Waals surface area contributed by atoms with Crippen molar-refractivity contribution in [3.8, 4) is 0 Å². The molecule has 4 saturated carbocycles. The molecule has 1 amide bonds. The van der Waals surface area contributed by atoms with Crippen LogP contribution in [0.4, 0.5) is 0 Å². The monoisotopic (exact) mass is 284 g/mol. The Morgan fingerprint density at radius 2 is 1.42 bits per heavy atom. The van der Waals surface area contributed by atoms with E-state index in [9.17, 15) is 4.79 Å². The SMILES string of the molecule is Cl.O=C(N1CCNCC1)C12CC3CC(CC(C3)C1)C2. The summed E-state index contributed by atoms with van der Waals surface area (Å²) in [5, 5.41) is 3.35. The highest BCUT2D eigenvalue weighted by molar-refractivity contribution is 5.85. The van der Waals surface area contributed by atoms with E-state index in [-0.39, 0.29) is 17.8 Å². The summed E-state index contributed by atoms with van der Waals surface area (Å²) in [7, 11) is 0. The second-order valence-electron chi connectivity index (χ2n) is 7.24. The third-order valence-electron chi connectivity index (χ3n) is 5.90. The molecular weight excluding hydrogens is 260 g/mol. The second-order valence-corrected chi connectivity index (χ2v) is 7.24. The molecule has 4 aliphatic carbocycles. The van der Waals surface area contributed by atoms with Gasteiger partial charge >= 0.3 is 0 Å². The quantitative estimate of drug-likeness (QED) is 0.799. The van der Waals surface area contributed by atoms with Crippen molar-refractivity contribution >= 4 is 18.3 Å². The van der Waals surface area contributed by atoms with Gasteiger partial charge in [0.05, 0.1) is 5.41 Å². The molecule has 4 bridgehead atoms. The maximum absolute atomic E-state index is 12.9. The Hall–Kier alpha value is -0.280. The van der Waals surface area contributed by atoms with Crippen molar-refractivity contribution in [1.29, 1.82) is 0 Å². The van der Waals surface area contributed by atoms with Gasteiger partial charge in [-0.2, -0.15) is 0 Å². The fourth-order valence-corrected chi connectivity index (χ4v) is 5.58. The molecule has 0 atom stereocenters. The molecule has 0 spiro atoms. The van der Waals surface area contributed by atoms with Gasteiger partial charge in [0.2, 0.25) is 5.91 Å². The van der Waals surface area contributed by atoms with Gasteiger partial charge in [-0.3, -0.25) is 4.79 Å². The lowest BCUT2D eigenvalue weighted by Gasteiger charge is -2.56. The number of nitrogens with one attached hydrogen (secondary N) is 1. The molecule has 1 N–H and O–H groups in total. The maximum atomic E-state index is 12.9. The largest absolute Gasteiger partial charge is 0.340 e. The lowest BCUT2D eigenvalue weighted by atomic mass is 9.49. The van der Waals surface area contributed by atoms with Gasteiger partial charge in [0.25, 0.3) is 0 Å². The average Bonchev–Trinajstić information content (AvgIpc) is 2.37. The summed E-state index contributed by atoms with van der Waals surface area (Å²) < 4.78 is 0. The van der Waals surface area contributed by atoms with Crippen LogP contribution < -0.4 is 5.32 Å². The van der Waals surface area contributed by atoms with Crippen molar-refractivity contribution in [2.45, 2.75) is 38.5 Å². The van der Waals surface area contributed by atoms with Crippen molar-refractivity contribution in [3.05, 3.63) is 0 Å². The summed E-state index contributed by atoms with van der Waals surface area (Å²) in [5.41, 5.74) is 0.0755. The van der Waals surface area contributed by atoms with Gasteiger partial charge in [0.15, 0.2) is 0 Å². The van der Waals surface area contributed by atoms with E-state index in [1.54, 1.807) is 0 Å². The van der Waals surface area contributed by atoms with Gasteiger partial charge in [0.1, 0.15) is 0 Å². The Balaban J connectivity index is 0.00000110. The lowest BCUT2D eigenvalue weighted by molar-refractivity contribution is -0.158. The predicted molar refractivity (Wildman–Crippen MR) is 77.3 cm³/mol. The zero-order valence-corrected chi connectivity index (χ0v) is 12.4. The molecule has 5 aliphatic rings. The molecule has 0 unspecified atom stereocenters. The Morgan fingerprint density at radius 3 is 1.89 bits per heavy atom. The van der Waals surface area contributed by atoms with Crippen LogP contribution in [0.3, 0.4) is 0 Å². The van der Waals surface area contributed by atoms with E-state index in [2.05, 4.69) is 10.2 Å². The molecule has 5 rings (SSSR count). The molecule has 0 aromatic rings. The van der Waals surface area contributed by atoms with Crippen molar-refractivity contribution < 1.29 is 4.79 Å². The summed E-state index contributed by atoms with van der Waals surface area (Å²) in [4.78, 5) is 15.1. The molecule has 5 fully saturated rings. The van der Waals surface area contributed by atoms with Crippen molar-refractivity contribution in [1.82, 2.24) is 10.2 Å². The molecule has 3 nitrogen and oxygen atoms in total. The average molecular weight is 285 g/mol. The number of nitrogens with zero attached hydrogens (tertiary/aromatic N) is 1. The fraction of sp³-hybridized carbons (Fsp3) is 0.933. The number of carbonyl (C=O) groups is 1. The van der Waals surface area contributed by atoms with Crippen LogP contribution in [-0.2, 0) is 4.79 Å². The predicted octanol–water partition coefficient (Wildman–Crippen LogP) is 2.06. The van der Waals surface area contributed by atoms with Gasteiger partial charge in [-0.15, -0.1) is 12.4 Å². The smallest absolute Gasteiger partial charge is 0.228 e. The Bertz CT molecular complexity index is 330. The molecule has 0 aromatic carbocycles. The normalized spacial score (nSPS) is 44.0. The van der Waals surface area contributed by atoms with Crippen LogP contribution in [0, 0.1) is 23.2 Å². The number of piperazine rings is 1. The van der Waals surface area contributed by atoms with Crippen LogP contribution in [0.15, 0.2) is 0 Å². The van der Waals surface area contributed by atoms with Gasteiger partial charge in [-0.05, 0) is 56.3 Å². The third-order valence-corrected chi connectivity index (χ3v) is 5.90. The van der Waals surface area contributed by atoms with Crippen LogP contribution in [0.25, 0.3) is 0 Å². The minimum Gasteiger partial charge on any atom is -0.340 e. The number of hydrogen-bond acceptors (Lipinski definition) is 2. The summed E-state index contributed by atoms with van der Waals surface area (Å²) in [6.07, 6.45) is 7.90. The van der Waals surface area contributed by atoms with E-state index in [1.807, 2.05) is 0 Å². The fourth-order valence-electron chi connectivity index (χ4n) is 5.58. The van der Waals surface area contributed by atoms with Crippen molar-refractivity contribution in [2.24, 2.45) is 23.2 Å². The van der Waals surface area contributed by atoms with Gasteiger partial charge < -0.3 is 10.2 Å². The summed E-state index contributed by atoms with van der Waals surface area (Å²) in [6, 6.07) is 0. The van der Waals surface area contributed by atoms with Crippen LogP contribution in [0.5, 0.6) is 0 Å². The van der Waals surface area contributed by atoms with E-state index in [4.69, 9.17) is 0 Å². The van der Waals surface area contributed by atoms with E-state index < -0.39 is 0 Å². The van der Waals surface area contributed by atoms with Gasteiger partial charge in [-0.1, -0.05) is 0 Å². The number of carbonyl (C=O) groups excluding carboxylic acids is 1. The molecule has 4 heteroatoms. The van der Waals surface area contributed by atoms with E-state index in [0.29, 0.717) is 5.91 Å². The maximum Gasteiger partial charge on any atom is 0.228 e. The zero-order valence-electron chi connectivity index (χ0n) is 11.6. The number of halogens is 1. The summed E-state index contributed by atoms with van der Waals surface area (Å²) in [5.74, 6) is 3.15. The van der Waals surface area contributed by atoms with Crippen LogP contribution in [0.2, 0.25) is 0 Å². The number of amides is 1. The Kier molecular flexibility index (Phi) is 3.55. The van der Waals surface area contributed by atoms with Crippen molar-refractivity contribution in [2.75, 3.05) is 26.2 Å². The number of rotatable bonds is 1. The van der Waals surface area contributed by atoms with E-state index >= 15 is 0 Å². The van der Waals surface area contributed by atoms with Crippen LogP contribution in [0.1, 0.15) is 38.5 Å². The highest BCUT2D eigenvalue weighted by Crippen LogP contribution is 2.60. The molecule has 0 radical (unpaired) electrons. The highest BCUT2D eigenvalue weighted by atomic mass is 35.5. The molecule has 1 aliphatic heterocycles. The molecule has 0 aromatic heterocycles. The summed E-state index contributed by atoms with van der Waals surface area (Å²) in [6.45, 7) is 3.83. The Morgan fingerprint density at radius 1 is 0.947 bits per heavy atom. The topological polar surface area (TPSA) is 32.3 Å². The van der Waals surface area contributed by atoms with Gasteiger partial charge in [0, 0.05) is 26.2 Å². The summed E-state index contributed by atoms with van der Waals surface area (Å²) >= 11 is 0. The molecule has 1 heterocycles. The first-order valence-electron chi connectivity index (χ1n) is 7.75. The lowest BCUT2D eigenvalue weighted by Crippen LogP contribution is -2.57. The number of hydrogen-bond donors (Lipinski definition) is 1. The van der Waals surface area contributed by atoms with Crippen LogP contribution in [-0.4, -0.2) is 37.0 Å². The molecule has 1 saturated heterocycles. The minimum atomic E-state index is 0. The first kappa shape index (κ1) is 13.7. The van der Waals surface area contributed by atoms with E-state index in [1.165, 1.54) is 38.5 Å². The molecular formula is C15H25ClN2O. The Labute approximate surface area is 121 Å². The molecule has 19 heavy (non-hydrogen) atoms. The highest BCUT2D eigenvalue weighted by Gasteiger charge is 2.55.